The number of aliphatic hydroxyl groups is 1. The van der Waals surface area contributed by atoms with E-state index in [1.54, 1.807) is 12.0 Å². The fourth-order valence-corrected chi connectivity index (χ4v) is 1.69. The summed E-state index contributed by atoms with van der Waals surface area (Å²) in [5.74, 6) is 0. The highest BCUT2D eigenvalue weighted by molar-refractivity contribution is 4.83. The molecular formula is C10H26N4O2. The van der Waals surface area contributed by atoms with Crippen molar-refractivity contribution in [3.05, 3.63) is 0 Å². The van der Waals surface area contributed by atoms with E-state index >= 15 is 0 Å². The molecule has 0 aromatic rings. The molecular weight excluding hydrogens is 208 g/mol. The lowest BCUT2D eigenvalue weighted by Crippen LogP contribution is -2.62. The van der Waals surface area contributed by atoms with E-state index in [0.29, 0.717) is 6.73 Å². The van der Waals surface area contributed by atoms with Gasteiger partial charge in [0.2, 0.25) is 0 Å². The zero-order chi connectivity index (χ0) is 12.6. The van der Waals surface area contributed by atoms with Crippen molar-refractivity contribution in [1.82, 2.24) is 20.9 Å². The molecule has 0 spiro atoms. The average molecular weight is 234 g/mol. The van der Waals surface area contributed by atoms with Crippen molar-refractivity contribution < 1.29 is 9.84 Å². The largest absolute Gasteiger partial charge is 0.377 e. The topological polar surface area (TPSA) is 68.8 Å². The summed E-state index contributed by atoms with van der Waals surface area (Å²) in [5, 5.41) is 19.7. The molecule has 4 N–H and O–H groups in total. The van der Waals surface area contributed by atoms with Crippen LogP contribution in [0.5, 0.6) is 0 Å². The molecule has 0 aromatic heterocycles. The fourth-order valence-electron chi connectivity index (χ4n) is 1.69. The monoisotopic (exact) mass is 234 g/mol. The van der Waals surface area contributed by atoms with Crippen molar-refractivity contribution in [3.63, 3.8) is 0 Å². The van der Waals surface area contributed by atoms with Gasteiger partial charge in [-0.05, 0) is 27.7 Å². The van der Waals surface area contributed by atoms with Gasteiger partial charge in [-0.2, -0.15) is 0 Å². The Morgan fingerprint density at radius 3 is 2.25 bits per heavy atom. The molecule has 2 atom stereocenters. The predicted molar refractivity (Wildman–Crippen MR) is 65.0 cm³/mol. The molecule has 0 bridgehead atoms. The lowest BCUT2D eigenvalue weighted by atomic mass is 10.1. The van der Waals surface area contributed by atoms with Crippen molar-refractivity contribution >= 4 is 0 Å². The van der Waals surface area contributed by atoms with E-state index in [-0.39, 0.29) is 12.2 Å². The number of hydrogen-bond acceptors (Lipinski definition) is 6. The summed E-state index contributed by atoms with van der Waals surface area (Å²) >= 11 is 0. The van der Waals surface area contributed by atoms with Crippen LogP contribution in [0.4, 0.5) is 0 Å². The number of nitrogens with zero attached hydrogens (tertiary/aromatic N) is 1. The van der Waals surface area contributed by atoms with E-state index < -0.39 is 6.23 Å². The molecule has 0 fully saturated rings. The van der Waals surface area contributed by atoms with E-state index in [0.717, 1.165) is 6.54 Å². The molecule has 0 aromatic carbocycles. The minimum Gasteiger partial charge on any atom is -0.377 e. The number of hydrogen-bond donors (Lipinski definition) is 4. The Morgan fingerprint density at radius 1 is 1.31 bits per heavy atom. The lowest BCUT2D eigenvalue weighted by Gasteiger charge is -2.35. The van der Waals surface area contributed by atoms with Crippen LogP contribution in [0.15, 0.2) is 0 Å². The van der Waals surface area contributed by atoms with Gasteiger partial charge in [0, 0.05) is 7.11 Å². The maximum absolute atomic E-state index is 10.2. The molecule has 0 heterocycles. The summed E-state index contributed by atoms with van der Waals surface area (Å²) in [4.78, 5) is 1.75. The zero-order valence-electron chi connectivity index (χ0n) is 10.9. The third-order valence-electron chi connectivity index (χ3n) is 2.53. The van der Waals surface area contributed by atoms with Crippen molar-refractivity contribution in [2.75, 3.05) is 41.5 Å². The van der Waals surface area contributed by atoms with Gasteiger partial charge in [0.05, 0.1) is 12.2 Å². The zero-order valence-corrected chi connectivity index (χ0v) is 10.9. The second-order valence-electron chi connectivity index (χ2n) is 3.73. The van der Waals surface area contributed by atoms with Gasteiger partial charge in [0.15, 0.2) is 0 Å². The van der Waals surface area contributed by atoms with Crippen LogP contribution in [-0.2, 0) is 4.74 Å². The maximum atomic E-state index is 10.2. The van der Waals surface area contributed by atoms with E-state index in [1.807, 2.05) is 28.1 Å². The molecule has 98 valence electrons. The Balaban J connectivity index is 4.48. The first-order valence-corrected chi connectivity index (χ1v) is 5.57. The van der Waals surface area contributed by atoms with Crippen LogP contribution in [0.25, 0.3) is 0 Å². The molecule has 0 rings (SSSR count). The first kappa shape index (κ1) is 15.8. The maximum Gasteiger partial charge on any atom is 0.127 e. The molecule has 0 radical (unpaired) electrons. The fraction of sp³-hybridized carbons (Fsp3) is 1.00. The third-order valence-corrected chi connectivity index (χ3v) is 2.53. The van der Waals surface area contributed by atoms with Crippen molar-refractivity contribution in [3.8, 4) is 0 Å². The summed E-state index contributed by atoms with van der Waals surface area (Å²) < 4.78 is 5.00. The standard InChI is InChI=1S/C10H26N4O2/c1-6-13-8(9(11-2)12-3)10(15)14(4)7-16-5/h8-13,15H,6-7H2,1-5H3. The molecule has 16 heavy (non-hydrogen) atoms. The van der Waals surface area contributed by atoms with Crippen LogP contribution in [-0.4, -0.2) is 70.0 Å². The quantitative estimate of drug-likeness (QED) is 0.367. The van der Waals surface area contributed by atoms with Gasteiger partial charge in [-0.3, -0.25) is 4.90 Å². The number of nitrogens with one attached hydrogen (secondary N) is 3. The number of methoxy groups -OCH3 is 1. The van der Waals surface area contributed by atoms with Gasteiger partial charge in [-0.1, -0.05) is 6.92 Å². The Hall–Kier alpha value is -0.240. The van der Waals surface area contributed by atoms with Gasteiger partial charge < -0.3 is 25.8 Å². The van der Waals surface area contributed by atoms with Crippen LogP contribution >= 0.6 is 0 Å². The van der Waals surface area contributed by atoms with Crippen LogP contribution < -0.4 is 16.0 Å². The first-order valence-electron chi connectivity index (χ1n) is 5.57. The summed E-state index contributed by atoms with van der Waals surface area (Å²) in [6.45, 7) is 3.20. The van der Waals surface area contributed by atoms with Crippen molar-refractivity contribution in [2.45, 2.75) is 25.4 Å². The number of likely N-dealkylation sites (N-methyl/N-ethyl adjacent to an activating group) is 4. The molecule has 2 unspecified atom stereocenters. The van der Waals surface area contributed by atoms with E-state index in [1.165, 1.54) is 0 Å². The highest BCUT2D eigenvalue weighted by Gasteiger charge is 2.28. The van der Waals surface area contributed by atoms with Crippen molar-refractivity contribution in [2.24, 2.45) is 0 Å². The smallest absolute Gasteiger partial charge is 0.127 e. The van der Waals surface area contributed by atoms with Gasteiger partial charge >= 0.3 is 0 Å². The SMILES string of the molecule is CCNC(C(NC)NC)C(O)N(C)COC. The summed E-state index contributed by atoms with van der Waals surface area (Å²) in [6, 6.07) is -0.111. The molecule has 0 aliphatic carbocycles. The summed E-state index contributed by atoms with van der Waals surface area (Å²) in [5.41, 5.74) is 0. The molecule has 0 aliphatic heterocycles. The molecule has 6 heteroatoms. The predicted octanol–water partition coefficient (Wildman–Crippen LogP) is -1.42. The molecule has 0 aliphatic rings. The minimum atomic E-state index is -0.621. The second kappa shape index (κ2) is 8.86. The van der Waals surface area contributed by atoms with E-state index in [4.69, 9.17) is 4.74 Å². The van der Waals surface area contributed by atoms with Crippen molar-refractivity contribution in [1.29, 1.82) is 0 Å². The van der Waals surface area contributed by atoms with E-state index in [2.05, 4.69) is 16.0 Å². The lowest BCUT2D eigenvalue weighted by molar-refractivity contribution is -0.0689. The van der Waals surface area contributed by atoms with Gasteiger partial charge in [-0.15, -0.1) is 0 Å². The van der Waals surface area contributed by atoms with Crippen LogP contribution in [0, 0.1) is 0 Å². The van der Waals surface area contributed by atoms with E-state index in [9.17, 15) is 5.11 Å². The van der Waals surface area contributed by atoms with Crippen LogP contribution in [0.1, 0.15) is 6.92 Å². The first-order chi connectivity index (χ1) is 7.62. The number of rotatable bonds is 9. The van der Waals surface area contributed by atoms with Gasteiger partial charge in [0.25, 0.3) is 0 Å². The highest BCUT2D eigenvalue weighted by atomic mass is 16.5. The normalized spacial score (nSPS) is 15.8. The molecule has 6 nitrogen and oxygen atoms in total. The van der Waals surface area contributed by atoms with Gasteiger partial charge in [0.1, 0.15) is 13.0 Å². The van der Waals surface area contributed by atoms with Crippen LogP contribution in [0.2, 0.25) is 0 Å². The summed E-state index contributed by atoms with van der Waals surface area (Å²) in [7, 11) is 7.14. The molecule has 0 saturated heterocycles. The van der Waals surface area contributed by atoms with Crippen LogP contribution in [0.3, 0.4) is 0 Å². The number of ether oxygens (including phenoxy) is 1. The molecule has 0 amide bonds. The second-order valence-corrected chi connectivity index (χ2v) is 3.73. The molecule has 0 saturated carbocycles. The Morgan fingerprint density at radius 2 is 1.88 bits per heavy atom. The Labute approximate surface area is 98.3 Å². The average Bonchev–Trinajstić information content (AvgIpc) is 2.29. The Kier molecular flexibility index (Phi) is 8.73. The van der Waals surface area contributed by atoms with Gasteiger partial charge in [-0.25, -0.2) is 0 Å². The number of aliphatic hydroxyl groups excluding tert-OH is 1. The Bertz CT molecular complexity index is 167. The summed E-state index contributed by atoms with van der Waals surface area (Å²) in [6.07, 6.45) is -0.626. The third kappa shape index (κ3) is 4.73. The minimum absolute atomic E-state index is 0.00532. The highest BCUT2D eigenvalue weighted by Crippen LogP contribution is 2.02.